The van der Waals surface area contributed by atoms with Gasteiger partial charge in [0.1, 0.15) is 5.82 Å². The van der Waals surface area contributed by atoms with Crippen molar-refractivity contribution in [1.29, 1.82) is 0 Å². The molecular weight excluding hydrogens is 542 g/mol. The first-order valence-corrected chi connectivity index (χ1v) is 12.4. The summed E-state index contributed by atoms with van der Waals surface area (Å²) < 4.78 is 81.4. The molecule has 0 aliphatic heterocycles. The van der Waals surface area contributed by atoms with Gasteiger partial charge in [-0.1, -0.05) is 54.6 Å². The van der Waals surface area contributed by atoms with Crippen LogP contribution < -0.4 is 5.56 Å². The molecular formula is C28H18F6N2O2S. The van der Waals surface area contributed by atoms with Crippen LogP contribution >= 0.6 is 11.3 Å². The molecule has 0 fully saturated rings. The molecule has 1 N–H and O–H groups in total. The molecule has 0 saturated heterocycles. The number of aromatic nitrogens is 2. The van der Waals surface area contributed by atoms with Crippen LogP contribution in [-0.4, -0.2) is 27.0 Å². The molecule has 5 rings (SSSR count). The lowest BCUT2D eigenvalue weighted by Crippen LogP contribution is -2.53. The maximum atomic E-state index is 13.8. The number of benzene rings is 3. The summed E-state index contributed by atoms with van der Waals surface area (Å²) >= 11 is 1.47. The number of hydrogen-bond acceptors (Lipinski definition) is 4. The first kappa shape index (κ1) is 26.6. The second-order valence-electron chi connectivity index (χ2n) is 8.79. The fraction of sp³-hybridized carbons (Fsp3) is 0.143. The van der Waals surface area contributed by atoms with Crippen LogP contribution in [0.4, 0.5) is 26.3 Å². The van der Waals surface area contributed by atoms with Crippen molar-refractivity contribution in [1.82, 2.24) is 9.55 Å². The third-order valence-corrected chi connectivity index (χ3v) is 7.23. The van der Waals surface area contributed by atoms with Crippen molar-refractivity contribution in [2.45, 2.75) is 24.4 Å². The maximum Gasteiger partial charge on any atom is 0.430 e. The quantitative estimate of drug-likeness (QED) is 0.235. The summed E-state index contributed by atoms with van der Waals surface area (Å²) in [4.78, 5) is 19.3. The van der Waals surface area contributed by atoms with Crippen molar-refractivity contribution in [2.75, 3.05) is 0 Å². The van der Waals surface area contributed by atoms with Gasteiger partial charge in [-0.3, -0.25) is 9.36 Å². The van der Waals surface area contributed by atoms with Crippen LogP contribution in [0, 0.1) is 0 Å². The van der Waals surface area contributed by atoms with E-state index in [1.807, 2.05) is 23.6 Å². The fourth-order valence-electron chi connectivity index (χ4n) is 4.33. The zero-order chi connectivity index (χ0) is 28.0. The Morgan fingerprint density at radius 1 is 0.821 bits per heavy atom. The Morgan fingerprint density at radius 2 is 1.49 bits per heavy atom. The average Bonchev–Trinajstić information content (AvgIpc) is 3.43. The van der Waals surface area contributed by atoms with Gasteiger partial charge < -0.3 is 5.11 Å². The Morgan fingerprint density at radius 3 is 2.08 bits per heavy atom. The number of nitrogens with zero attached hydrogens (tertiary/aromatic N) is 2. The van der Waals surface area contributed by atoms with E-state index in [9.17, 15) is 36.2 Å². The van der Waals surface area contributed by atoms with Gasteiger partial charge in [0.25, 0.3) is 11.2 Å². The molecule has 2 aromatic heterocycles. The third-order valence-electron chi connectivity index (χ3n) is 6.31. The van der Waals surface area contributed by atoms with Gasteiger partial charge in [-0.25, -0.2) is 4.98 Å². The van der Waals surface area contributed by atoms with E-state index in [0.29, 0.717) is 17.6 Å². The highest BCUT2D eigenvalue weighted by molar-refractivity contribution is 7.13. The monoisotopic (exact) mass is 560 g/mol. The number of thiophene rings is 1. The smallest absolute Gasteiger partial charge is 0.369 e. The van der Waals surface area contributed by atoms with Crippen molar-refractivity contribution in [3.8, 4) is 16.1 Å². The highest BCUT2D eigenvalue weighted by Crippen LogP contribution is 2.50. The number of rotatable bonds is 5. The van der Waals surface area contributed by atoms with E-state index in [0.717, 1.165) is 32.7 Å². The minimum atomic E-state index is -6.02. The first-order valence-electron chi connectivity index (χ1n) is 11.5. The third kappa shape index (κ3) is 4.72. The van der Waals surface area contributed by atoms with E-state index in [-0.39, 0.29) is 23.3 Å². The van der Waals surface area contributed by atoms with E-state index < -0.39 is 29.1 Å². The highest BCUT2D eigenvalue weighted by atomic mass is 32.1. The van der Waals surface area contributed by atoms with Crippen molar-refractivity contribution in [3.63, 3.8) is 0 Å². The van der Waals surface area contributed by atoms with E-state index in [4.69, 9.17) is 0 Å². The van der Waals surface area contributed by atoms with Crippen LogP contribution in [0.1, 0.15) is 17.0 Å². The summed E-state index contributed by atoms with van der Waals surface area (Å²) in [5.74, 6) is 0.234. The predicted octanol–water partition coefficient (Wildman–Crippen LogP) is 7.02. The largest absolute Gasteiger partial charge is 0.430 e. The van der Waals surface area contributed by atoms with Gasteiger partial charge in [0.2, 0.25) is 0 Å². The van der Waals surface area contributed by atoms with Gasteiger partial charge in [0.05, 0.1) is 16.6 Å². The lowest BCUT2D eigenvalue weighted by molar-refractivity contribution is -0.376. The number of fused-ring (bicyclic) bond motifs is 1. The molecule has 0 amide bonds. The molecule has 4 nitrogen and oxygen atoms in total. The van der Waals surface area contributed by atoms with Gasteiger partial charge in [-0.15, -0.1) is 11.3 Å². The average molecular weight is 561 g/mol. The Bertz CT molecular complexity index is 1660. The first-order chi connectivity index (χ1) is 18.4. The summed E-state index contributed by atoms with van der Waals surface area (Å²) in [6, 6.07) is 20.8. The standard InChI is InChI=1S/C28H18F6N2O2S/c29-27(30,31)26(38,28(32,33)34)19-9-11-20(12-10-19)36-24(15-17-5-2-1-3-6-17)35-22-13-8-18(16-21(22)25(36)37)23-7-4-14-39-23/h1-14,16,38H,15H2. The van der Waals surface area contributed by atoms with E-state index in [2.05, 4.69) is 4.98 Å². The topological polar surface area (TPSA) is 55.1 Å². The van der Waals surface area contributed by atoms with Gasteiger partial charge in [-0.2, -0.15) is 26.3 Å². The molecule has 0 unspecified atom stereocenters. The molecule has 0 atom stereocenters. The minimum absolute atomic E-state index is 0.00249. The molecule has 2 heterocycles. The van der Waals surface area contributed by atoms with Crippen LogP contribution in [0.3, 0.4) is 0 Å². The highest BCUT2D eigenvalue weighted by Gasteiger charge is 2.71. The molecule has 200 valence electrons. The van der Waals surface area contributed by atoms with Crippen LogP contribution in [0.15, 0.2) is 95.1 Å². The summed E-state index contributed by atoms with van der Waals surface area (Å²) in [5.41, 5.74) is -5.10. The van der Waals surface area contributed by atoms with Gasteiger partial charge >= 0.3 is 12.4 Å². The molecule has 11 heteroatoms. The molecule has 0 bridgehead atoms. The van der Waals surface area contributed by atoms with Crippen molar-refractivity contribution in [3.05, 3.63) is 118 Å². The number of halogens is 6. The SMILES string of the molecule is O=c1c2cc(-c3cccs3)ccc2nc(Cc2ccccc2)n1-c1ccc(C(O)(C(F)(F)F)C(F)(F)F)cc1. The Labute approximate surface area is 221 Å². The Kier molecular flexibility index (Phi) is 6.59. The Hall–Kier alpha value is -3.96. The maximum absolute atomic E-state index is 13.8. The molecule has 0 saturated carbocycles. The number of aliphatic hydroxyl groups is 1. The molecule has 3 aromatic carbocycles. The lowest BCUT2D eigenvalue weighted by Gasteiger charge is -2.32. The van der Waals surface area contributed by atoms with Crippen LogP contribution in [0.25, 0.3) is 27.0 Å². The molecule has 39 heavy (non-hydrogen) atoms. The predicted molar refractivity (Wildman–Crippen MR) is 136 cm³/mol. The molecule has 0 spiro atoms. The normalized spacial score (nSPS) is 12.7. The summed E-state index contributed by atoms with van der Waals surface area (Å²) in [7, 11) is 0. The molecule has 0 radical (unpaired) electrons. The van der Waals surface area contributed by atoms with E-state index in [1.165, 1.54) is 11.3 Å². The lowest BCUT2D eigenvalue weighted by atomic mass is 9.92. The summed E-state index contributed by atoms with van der Waals surface area (Å²) in [6.45, 7) is 0. The van der Waals surface area contributed by atoms with Crippen molar-refractivity contribution < 1.29 is 31.4 Å². The van der Waals surface area contributed by atoms with Crippen molar-refractivity contribution in [2.24, 2.45) is 0 Å². The second kappa shape index (κ2) is 9.65. The van der Waals surface area contributed by atoms with Crippen LogP contribution in [-0.2, 0) is 12.0 Å². The zero-order valence-corrected chi connectivity index (χ0v) is 20.6. The van der Waals surface area contributed by atoms with Gasteiger partial charge in [0, 0.05) is 16.9 Å². The van der Waals surface area contributed by atoms with Gasteiger partial charge in [-0.05, 0) is 46.8 Å². The van der Waals surface area contributed by atoms with Gasteiger partial charge in [0.15, 0.2) is 0 Å². The zero-order valence-electron chi connectivity index (χ0n) is 19.8. The number of hydrogen-bond donors (Lipinski definition) is 1. The second-order valence-corrected chi connectivity index (χ2v) is 9.74. The van der Waals surface area contributed by atoms with Crippen molar-refractivity contribution >= 4 is 22.2 Å². The number of alkyl halides is 6. The van der Waals surface area contributed by atoms with Crippen LogP contribution in [0.2, 0.25) is 0 Å². The van der Waals surface area contributed by atoms with E-state index in [1.54, 1.807) is 42.5 Å². The molecule has 0 aliphatic carbocycles. The summed E-state index contributed by atoms with van der Waals surface area (Å²) in [5, 5.41) is 11.9. The summed E-state index contributed by atoms with van der Waals surface area (Å²) in [6.07, 6.45) is -11.9. The molecule has 0 aliphatic rings. The Balaban J connectivity index is 1.70. The minimum Gasteiger partial charge on any atom is -0.369 e. The van der Waals surface area contributed by atoms with Crippen LogP contribution in [0.5, 0.6) is 0 Å². The molecule has 5 aromatic rings. The van der Waals surface area contributed by atoms with E-state index >= 15 is 0 Å². The fourth-order valence-corrected chi connectivity index (χ4v) is 5.05.